The number of benzene rings is 2. The van der Waals surface area contributed by atoms with Crippen LogP contribution in [0.2, 0.25) is 0 Å². The van der Waals surface area contributed by atoms with Gasteiger partial charge in [0.2, 0.25) is 0 Å². The van der Waals surface area contributed by atoms with Gasteiger partial charge < -0.3 is 10.4 Å². The van der Waals surface area contributed by atoms with E-state index in [0.29, 0.717) is 12.0 Å². The number of nitrogens with one attached hydrogen (secondary N) is 1. The zero-order chi connectivity index (χ0) is 14.2. The number of hydrogen-bond donors (Lipinski definition) is 2. The first kappa shape index (κ1) is 13.3. The highest BCUT2D eigenvalue weighted by Gasteiger charge is 2.41. The second-order valence-corrected chi connectivity index (χ2v) is 5.30. The second kappa shape index (κ2) is 5.00. The van der Waals surface area contributed by atoms with Gasteiger partial charge in [0.25, 0.3) is 0 Å². The number of aliphatic hydroxyl groups is 1. The monoisotopic (exact) mass is 271 g/mol. The first-order valence-corrected chi connectivity index (χ1v) is 6.95. The van der Waals surface area contributed by atoms with Crippen molar-refractivity contribution in [3.05, 3.63) is 71.0 Å². The van der Waals surface area contributed by atoms with E-state index in [0.717, 1.165) is 12.1 Å². The fourth-order valence-electron chi connectivity index (χ4n) is 3.06. The Hall–Kier alpha value is -1.71. The molecule has 0 amide bonds. The van der Waals surface area contributed by atoms with E-state index < -0.39 is 5.60 Å². The summed E-state index contributed by atoms with van der Waals surface area (Å²) in [4.78, 5) is 0. The van der Waals surface area contributed by atoms with Crippen LogP contribution in [0.25, 0.3) is 0 Å². The Balaban J connectivity index is 2.06. The van der Waals surface area contributed by atoms with Crippen molar-refractivity contribution in [1.29, 1.82) is 0 Å². The van der Waals surface area contributed by atoms with Gasteiger partial charge in [0.05, 0.1) is 6.04 Å². The van der Waals surface area contributed by atoms with Gasteiger partial charge in [0.15, 0.2) is 0 Å². The normalized spacial score (nSPS) is 20.4. The van der Waals surface area contributed by atoms with E-state index >= 15 is 0 Å². The lowest BCUT2D eigenvalue weighted by molar-refractivity contribution is -0.00550. The van der Waals surface area contributed by atoms with Gasteiger partial charge in [-0.05, 0) is 35.2 Å². The summed E-state index contributed by atoms with van der Waals surface area (Å²) in [6, 6.07) is 14.1. The van der Waals surface area contributed by atoms with E-state index in [-0.39, 0.29) is 11.9 Å². The Labute approximate surface area is 118 Å². The molecule has 0 radical (unpaired) electrons. The van der Waals surface area contributed by atoms with Crippen LogP contribution in [0.3, 0.4) is 0 Å². The molecule has 3 heteroatoms. The van der Waals surface area contributed by atoms with Crippen LogP contribution in [0.5, 0.6) is 0 Å². The summed E-state index contributed by atoms with van der Waals surface area (Å²) in [7, 11) is 0. The lowest BCUT2D eigenvalue weighted by atomic mass is 9.81. The zero-order valence-electron chi connectivity index (χ0n) is 11.4. The van der Waals surface area contributed by atoms with Gasteiger partial charge in [-0.2, -0.15) is 0 Å². The summed E-state index contributed by atoms with van der Waals surface area (Å²) in [6.07, 6.45) is 0.516. The molecule has 3 rings (SSSR count). The van der Waals surface area contributed by atoms with Crippen molar-refractivity contribution in [1.82, 2.24) is 5.32 Å². The van der Waals surface area contributed by atoms with Crippen LogP contribution >= 0.6 is 0 Å². The molecular weight excluding hydrogens is 253 g/mol. The minimum atomic E-state index is -1.10. The van der Waals surface area contributed by atoms with Crippen LogP contribution in [-0.4, -0.2) is 5.11 Å². The first-order chi connectivity index (χ1) is 9.65. The molecule has 2 aromatic carbocycles. The highest BCUT2D eigenvalue weighted by atomic mass is 19.1. The Morgan fingerprint density at radius 1 is 1.25 bits per heavy atom. The third-order valence-electron chi connectivity index (χ3n) is 4.20. The summed E-state index contributed by atoms with van der Waals surface area (Å²) >= 11 is 0. The predicted molar refractivity (Wildman–Crippen MR) is 76.6 cm³/mol. The minimum Gasteiger partial charge on any atom is -0.383 e. The van der Waals surface area contributed by atoms with Crippen LogP contribution in [0.1, 0.15) is 36.1 Å². The number of halogens is 1. The summed E-state index contributed by atoms with van der Waals surface area (Å²) in [6.45, 7) is 2.66. The molecule has 1 aliphatic heterocycles. The van der Waals surface area contributed by atoms with E-state index in [1.807, 2.05) is 25.1 Å². The zero-order valence-corrected chi connectivity index (χ0v) is 11.4. The Bertz CT molecular complexity index is 628. The molecule has 2 aromatic rings. The molecule has 2 N–H and O–H groups in total. The largest absolute Gasteiger partial charge is 0.383 e. The van der Waals surface area contributed by atoms with Crippen molar-refractivity contribution in [2.45, 2.75) is 31.5 Å². The summed E-state index contributed by atoms with van der Waals surface area (Å²) in [5.74, 6) is -0.319. The molecule has 1 aliphatic rings. The molecule has 1 heterocycles. The van der Waals surface area contributed by atoms with E-state index in [9.17, 15) is 9.50 Å². The lowest BCUT2D eigenvalue weighted by Crippen LogP contribution is -2.38. The van der Waals surface area contributed by atoms with E-state index in [1.54, 1.807) is 12.1 Å². The Kier molecular flexibility index (Phi) is 3.32. The maximum atomic E-state index is 13.5. The van der Waals surface area contributed by atoms with Crippen LogP contribution in [0, 0.1) is 5.82 Å². The summed E-state index contributed by atoms with van der Waals surface area (Å²) in [5, 5.41) is 14.5. The number of fused-ring (bicyclic) bond motifs is 1. The average Bonchev–Trinajstić information content (AvgIpc) is 2.91. The standard InChI is InChI=1S/C17H18FNO/c1-2-17(20,13-7-5-8-14(18)10-13)16-15-9-4-3-6-12(15)11-19-16/h3-10,16,19-20H,2,11H2,1H3. The minimum absolute atomic E-state index is 0.203. The smallest absolute Gasteiger partial charge is 0.123 e. The van der Waals surface area contributed by atoms with Crippen molar-refractivity contribution in [2.24, 2.45) is 0 Å². The molecular formula is C17H18FNO. The maximum absolute atomic E-state index is 13.5. The Morgan fingerprint density at radius 3 is 2.80 bits per heavy atom. The van der Waals surface area contributed by atoms with Crippen molar-refractivity contribution >= 4 is 0 Å². The predicted octanol–water partition coefficient (Wildman–Crippen LogP) is 3.27. The second-order valence-electron chi connectivity index (χ2n) is 5.30. The molecule has 0 bridgehead atoms. The van der Waals surface area contributed by atoms with Gasteiger partial charge >= 0.3 is 0 Å². The molecule has 104 valence electrons. The van der Waals surface area contributed by atoms with Crippen molar-refractivity contribution < 1.29 is 9.50 Å². The summed E-state index contributed by atoms with van der Waals surface area (Å²) < 4.78 is 13.5. The van der Waals surface area contributed by atoms with Gasteiger partial charge in [0, 0.05) is 6.54 Å². The highest BCUT2D eigenvalue weighted by Crippen LogP contribution is 2.42. The quantitative estimate of drug-likeness (QED) is 0.898. The van der Waals surface area contributed by atoms with Crippen LogP contribution in [0.4, 0.5) is 4.39 Å². The molecule has 0 fully saturated rings. The van der Waals surface area contributed by atoms with Crippen LogP contribution < -0.4 is 5.32 Å². The maximum Gasteiger partial charge on any atom is 0.123 e. The molecule has 0 spiro atoms. The van der Waals surface area contributed by atoms with Crippen molar-refractivity contribution in [3.63, 3.8) is 0 Å². The fourth-order valence-corrected chi connectivity index (χ4v) is 3.06. The average molecular weight is 271 g/mol. The van der Waals surface area contributed by atoms with E-state index in [4.69, 9.17) is 0 Å². The number of rotatable bonds is 3. The third kappa shape index (κ3) is 2.03. The first-order valence-electron chi connectivity index (χ1n) is 6.95. The molecule has 2 atom stereocenters. The molecule has 20 heavy (non-hydrogen) atoms. The molecule has 0 saturated heterocycles. The third-order valence-corrected chi connectivity index (χ3v) is 4.20. The molecule has 2 unspecified atom stereocenters. The Morgan fingerprint density at radius 2 is 2.05 bits per heavy atom. The van der Waals surface area contributed by atoms with E-state index in [1.165, 1.54) is 17.7 Å². The van der Waals surface area contributed by atoms with E-state index in [2.05, 4.69) is 11.4 Å². The van der Waals surface area contributed by atoms with Gasteiger partial charge in [-0.15, -0.1) is 0 Å². The van der Waals surface area contributed by atoms with Gasteiger partial charge in [-0.25, -0.2) is 4.39 Å². The van der Waals surface area contributed by atoms with Crippen LogP contribution in [0.15, 0.2) is 48.5 Å². The van der Waals surface area contributed by atoms with Crippen molar-refractivity contribution in [2.75, 3.05) is 0 Å². The molecule has 0 saturated carbocycles. The van der Waals surface area contributed by atoms with Crippen LogP contribution in [-0.2, 0) is 12.1 Å². The SMILES string of the molecule is CCC(O)(c1cccc(F)c1)C1NCc2ccccc21. The molecule has 0 aliphatic carbocycles. The summed E-state index contributed by atoms with van der Waals surface area (Å²) in [5.41, 5.74) is 1.81. The number of hydrogen-bond acceptors (Lipinski definition) is 2. The topological polar surface area (TPSA) is 32.3 Å². The highest BCUT2D eigenvalue weighted by molar-refractivity contribution is 5.39. The lowest BCUT2D eigenvalue weighted by Gasteiger charge is -2.34. The fraction of sp³-hybridized carbons (Fsp3) is 0.294. The molecule has 2 nitrogen and oxygen atoms in total. The van der Waals surface area contributed by atoms with Crippen molar-refractivity contribution in [3.8, 4) is 0 Å². The van der Waals surface area contributed by atoms with Gasteiger partial charge in [0.1, 0.15) is 11.4 Å². The van der Waals surface area contributed by atoms with Gasteiger partial charge in [-0.3, -0.25) is 0 Å². The molecule has 0 aromatic heterocycles. The van der Waals surface area contributed by atoms with Gasteiger partial charge in [-0.1, -0.05) is 43.3 Å².